The van der Waals surface area contributed by atoms with Crippen LogP contribution in [0, 0.1) is 17.2 Å². The molecule has 2 N–H and O–H groups in total. The van der Waals surface area contributed by atoms with Crippen molar-refractivity contribution in [1.82, 2.24) is 0 Å². The summed E-state index contributed by atoms with van der Waals surface area (Å²) in [5.41, 5.74) is 4.73. The Balaban J connectivity index is 4.38. The van der Waals surface area contributed by atoms with Crippen LogP contribution in [-0.4, -0.2) is 26.3 Å². The molecular weight excluding hydrogens is 168 g/mol. The smallest absolute Gasteiger partial charge is 0.235 e. The van der Waals surface area contributed by atoms with Gasteiger partial charge in [-0.25, -0.2) is 8.42 Å². The van der Waals surface area contributed by atoms with E-state index in [4.69, 9.17) is 11.0 Å². The first kappa shape index (κ1) is 9.91. The van der Waals surface area contributed by atoms with E-state index < -0.39 is 27.4 Å². The molecule has 1 amide bonds. The van der Waals surface area contributed by atoms with E-state index in [0.717, 1.165) is 6.26 Å². The lowest BCUT2D eigenvalue weighted by molar-refractivity contribution is -0.119. The fraction of sp³-hybridized carbons (Fsp3) is 0.600. The van der Waals surface area contributed by atoms with Crippen LogP contribution in [0.1, 0.15) is 0 Å². The molecule has 0 spiro atoms. The molecule has 6 heteroatoms. The molecule has 0 aromatic heterocycles. The summed E-state index contributed by atoms with van der Waals surface area (Å²) >= 11 is 0. The number of nitriles is 1. The van der Waals surface area contributed by atoms with Crippen LogP contribution < -0.4 is 5.73 Å². The first-order valence-electron chi connectivity index (χ1n) is 2.73. The summed E-state index contributed by atoms with van der Waals surface area (Å²) in [6.45, 7) is 0. The first-order chi connectivity index (χ1) is 4.87. The Hall–Kier alpha value is -1.09. The predicted octanol–water partition coefficient (Wildman–Crippen LogP) is -1.34. The molecule has 0 fully saturated rings. The van der Waals surface area contributed by atoms with Crippen LogP contribution in [-0.2, 0) is 14.6 Å². The van der Waals surface area contributed by atoms with E-state index in [2.05, 4.69) is 0 Å². The molecule has 0 saturated heterocycles. The lowest BCUT2D eigenvalue weighted by atomic mass is 10.2. The van der Waals surface area contributed by atoms with Gasteiger partial charge in [0.2, 0.25) is 5.91 Å². The van der Waals surface area contributed by atoms with Gasteiger partial charge < -0.3 is 5.73 Å². The minimum Gasteiger partial charge on any atom is -0.369 e. The van der Waals surface area contributed by atoms with E-state index in [9.17, 15) is 13.2 Å². The van der Waals surface area contributed by atoms with Gasteiger partial charge in [0.25, 0.3) is 0 Å². The number of primary amides is 1. The van der Waals surface area contributed by atoms with E-state index in [1.54, 1.807) is 0 Å². The Labute approximate surface area is 64.7 Å². The zero-order valence-electron chi connectivity index (χ0n) is 5.94. The highest BCUT2D eigenvalue weighted by atomic mass is 32.2. The van der Waals surface area contributed by atoms with E-state index in [0.29, 0.717) is 0 Å². The van der Waals surface area contributed by atoms with Gasteiger partial charge in [-0.2, -0.15) is 5.26 Å². The number of hydrogen-bond acceptors (Lipinski definition) is 4. The maximum Gasteiger partial charge on any atom is 0.235 e. The van der Waals surface area contributed by atoms with Crippen molar-refractivity contribution >= 4 is 15.7 Å². The third-order valence-corrected chi connectivity index (χ3v) is 1.91. The SMILES string of the molecule is CS(=O)(=O)CC(C#N)C(N)=O. The van der Waals surface area contributed by atoms with Gasteiger partial charge in [-0.1, -0.05) is 0 Å². The lowest BCUT2D eigenvalue weighted by Crippen LogP contribution is -2.28. The van der Waals surface area contributed by atoms with Crippen molar-refractivity contribution in [2.24, 2.45) is 11.7 Å². The molecular formula is C5H8N2O3S. The molecule has 0 aliphatic heterocycles. The molecule has 1 atom stereocenters. The highest BCUT2D eigenvalue weighted by molar-refractivity contribution is 7.90. The van der Waals surface area contributed by atoms with E-state index in [1.807, 2.05) is 0 Å². The fourth-order valence-corrected chi connectivity index (χ4v) is 1.33. The number of rotatable bonds is 3. The molecule has 11 heavy (non-hydrogen) atoms. The van der Waals surface area contributed by atoms with Crippen molar-refractivity contribution in [3.63, 3.8) is 0 Å². The molecule has 0 aliphatic carbocycles. The zero-order valence-corrected chi connectivity index (χ0v) is 6.76. The maximum atomic E-state index is 10.5. The Morgan fingerprint density at radius 3 is 2.27 bits per heavy atom. The highest BCUT2D eigenvalue weighted by Crippen LogP contribution is 1.97. The molecule has 0 rings (SSSR count). The number of nitrogens with zero attached hydrogens (tertiary/aromatic N) is 1. The third kappa shape index (κ3) is 4.33. The molecule has 0 aromatic carbocycles. The maximum absolute atomic E-state index is 10.5. The Bertz CT molecular complexity index is 287. The summed E-state index contributed by atoms with van der Waals surface area (Å²) in [7, 11) is -3.30. The summed E-state index contributed by atoms with van der Waals surface area (Å²) in [4.78, 5) is 10.3. The molecule has 0 aromatic rings. The topological polar surface area (TPSA) is 101 Å². The number of sulfone groups is 1. The van der Waals surface area contributed by atoms with E-state index in [-0.39, 0.29) is 0 Å². The molecule has 62 valence electrons. The van der Waals surface area contributed by atoms with E-state index in [1.165, 1.54) is 6.07 Å². The normalized spacial score (nSPS) is 13.5. The Morgan fingerprint density at radius 1 is 1.73 bits per heavy atom. The van der Waals surface area contributed by atoms with Crippen molar-refractivity contribution < 1.29 is 13.2 Å². The predicted molar refractivity (Wildman–Crippen MR) is 38.0 cm³/mol. The molecule has 1 unspecified atom stereocenters. The monoisotopic (exact) mass is 176 g/mol. The second-order valence-corrected chi connectivity index (χ2v) is 4.36. The minimum atomic E-state index is -3.30. The van der Waals surface area contributed by atoms with Crippen molar-refractivity contribution in [2.45, 2.75) is 0 Å². The highest BCUT2D eigenvalue weighted by Gasteiger charge is 2.19. The van der Waals surface area contributed by atoms with Gasteiger partial charge in [0.15, 0.2) is 0 Å². The zero-order chi connectivity index (χ0) is 9.07. The number of nitrogens with two attached hydrogens (primary N) is 1. The van der Waals surface area contributed by atoms with Crippen molar-refractivity contribution in [3.05, 3.63) is 0 Å². The largest absolute Gasteiger partial charge is 0.369 e. The lowest BCUT2D eigenvalue weighted by Gasteiger charge is -2.00. The van der Waals surface area contributed by atoms with Crippen LogP contribution in [0.5, 0.6) is 0 Å². The molecule has 0 saturated carbocycles. The summed E-state index contributed by atoms with van der Waals surface area (Å²) in [6, 6.07) is 1.50. The number of hydrogen-bond donors (Lipinski definition) is 1. The van der Waals surface area contributed by atoms with Crippen LogP contribution >= 0.6 is 0 Å². The number of amides is 1. The summed E-state index contributed by atoms with van der Waals surface area (Å²) in [5, 5.41) is 8.24. The van der Waals surface area contributed by atoms with Crippen LogP contribution in [0.2, 0.25) is 0 Å². The standard InChI is InChI=1S/C5H8N2O3S/c1-11(9,10)3-4(2-6)5(7)8/h4H,3H2,1H3,(H2,7,8). The fourth-order valence-electron chi connectivity index (χ4n) is 0.486. The third-order valence-electron chi connectivity index (χ3n) is 0.969. The minimum absolute atomic E-state index is 0.501. The van der Waals surface area contributed by atoms with Crippen LogP contribution in [0.3, 0.4) is 0 Å². The second-order valence-electron chi connectivity index (χ2n) is 2.18. The summed E-state index contributed by atoms with van der Waals surface area (Å²) in [6.07, 6.45) is 0.945. The first-order valence-corrected chi connectivity index (χ1v) is 4.79. The van der Waals surface area contributed by atoms with Crippen LogP contribution in [0.25, 0.3) is 0 Å². The van der Waals surface area contributed by atoms with Gasteiger partial charge in [-0.05, 0) is 0 Å². The molecule has 0 bridgehead atoms. The average Bonchev–Trinajstić information content (AvgIpc) is 1.80. The number of carbonyl (C=O) groups is 1. The van der Waals surface area contributed by atoms with Gasteiger partial charge in [-0.15, -0.1) is 0 Å². The van der Waals surface area contributed by atoms with E-state index >= 15 is 0 Å². The summed E-state index contributed by atoms with van der Waals surface area (Å²) in [5.74, 6) is -2.64. The average molecular weight is 176 g/mol. The molecule has 0 heterocycles. The second kappa shape index (κ2) is 3.34. The Morgan fingerprint density at radius 2 is 2.18 bits per heavy atom. The number of carbonyl (C=O) groups excluding carboxylic acids is 1. The quantitative estimate of drug-likeness (QED) is 0.574. The molecule has 0 radical (unpaired) electrons. The van der Waals surface area contributed by atoms with Crippen molar-refractivity contribution in [2.75, 3.05) is 12.0 Å². The Kier molecular flexibility index (Phi) is 3.01. The van der Waals surface area contributed by atoms with Crippen molar-refractivity contribution in [1.29, 1.82) is 5.26 Å². The summed E-state index contributed by atoms with van der Waals surface area (Å²) < 4.78 is 21.1. The van der Waals surface area contributed by atoms with Gasteiger partial charge in [0.05, 0.1) is 11.8 Å². The van der Waals surface area contributed by atoms with Gasteiger partial charge >= 0.3 is 0 Å². The van der Waals surface area contributed by atoms with Gasteiger partial charge in [0.1, 0.15) is 15.8 Å². The van der Waals surface area contributed by atoms with Gasteiger partial charge in [-0.3, -0.25) is 4.79 Å². The van der Waals surface area contributed by atoms with Crippen LogP contribution in [0.4, 0.5) is 0 Å². The van der Waals surface area contributed by atoms with Crippen LogP contribution in [0.15, 0.2) is 0 Å². The van der Waals surface area contributed by atoms with Crippen molar-refractivity contribution in [3.8, 4) is 6.07 Å². The molecule has 5 nitrogen and oxygen atoms in total. The van der Waals surface area contributed by atoms with Gasteiger partial charge in [0, 0.05) is 6.26 Å². The molecule has 0 aliphatic rings.